The summed E-state index contributed by atoms with van der Waals surface area (Å²) in [7, 11) is 0. The van der Waals surface area contributed by atoms with E-state index in [1.807, 2.05) is 12.1 Å². The zero-order valence-electron chi connectivity index (χ0n) is 10.7. The minimum absolute atomic E-state index is 0.167. The van der Waals surface area contributed by atoms with Gasteiger partial charge in [-0.3, -0.25) is 0 Å². The van der Waals surface area contributed by atoms with Gasteiger partial charge in [0.1, 0.15) is 17.3 Å². The van der Waals surface area contributed by atoms with Crippen molar-refractivity contribution < 1.29 is 8.81 Å². The molecule has 2 aromatic rings. The molecule has 0 spiro atoms. The van der Waals surface area contributed by atoms with E-state index in [0.717, 1.165) is 23.5 Å². The summed E-state index contributed by atoms with van der Waals surface area (Å²) in [6.45, 7) is 4.80. The maximum atomic E-state index is 12.8. The molecular formula is C15H18FNO. The third-order valence-corrected chi connectivity index (χ3v) is 3.02. The van der Waals surface area contributed by atoms with Crippen molar-refractivity contribution in [1.29, 1.82) is 0 Å². The molecular weight excluding hydrogens is 229 g/mol. The zero-order valence-corrected chi connectivity index (χ0v) is 10.7. The fourth-order valence-corrected chi connectivity index (χ4v) is 1.83. The largest absolute Gasteiger partial charge is 0.465 e. The van der Waals surface area contributed by atoms with Gasteiger partial charge in [-0.05, 0) is 36.8 Å². The summed E-state index contributed by atoms with van der Waals surface area (Å²) in [5, 5.41) is 3.36. The highest BCUT2D eigenvalue weighted by atomic mass is 19.1. The molecule has 0 bridgehead atoms. The molecule has 2 nitrogen and oxygen atoms in total. The van der Waals surface area contributed by atoms with Gasteiger partial charge in [0.2, 0.25) is 0 Å². The molecule has 0 radical (unpaired) electrons. The van der Waals surface area contributed by atoms with Crippen LogP contribution in [0, 0.1) is 5.82 Å². The Bertz CT molecular complexity index is 489. The van der Waals surface area contributed by atoms with Crippen molar-refractivity contribution >= 4 is 0 Å². The van der Waals surface area contributed by atoms with Gasteiger partial charge < -0.3 is 9.73 Å². The molecule has 0 aliphatic rings. The lowest BCUT2D eigenvalue weighted by atomic mass is 10.1. The number of nitrogens with one attached hydrogen (secondary N) is 1. The highest BCUT2D eigenvalue weighted by Gasteiger charge is 2.06. The minimum atomic E-state index is -0.204. The van der Waals surface area contributed by atoms with Gasteiger partial charge in [-0.15, -0.1) is 0 Å². The first-order chi connectivity index (χ1) is 8.69. The first-order valence-electron chi connectivity index (χ1n) is 6.25. The second-order valence-electron chi connectivity index (χ2n) is 4.38. The van der Waals surface area contributed by atoms with Crippen LogP contribution in [0.4, 0.5) is 4.39 Å². The van der Waals surface area contributed by atoms with Crippen LogP contribution < -0.4 is 5.32 Å². The van der Waals surface area contributed by atoms with Crippen LogP contribution in [0.25, 0.3) is 0 Å². The van der Waals surface area contributed by atoms with Crippen molar-refractivity contribution in [1.82, 2.24) is 5.32 Å². The zero-order chi connectivity index (χ0) is 13.0. The van der Waals surface area contributed by atoms with Crippen molar-refractivity contribution in [2.75, 3.05) is 0 Å². The van der Waals surface area contributed by atoms with E-state index in [0.29, 0.717) is 6.54 Å². The Labute approximate surface area is 107 Å². The van der Waals surface area contributed by atoms with E-state index in [9.17, 15) is 4.39 Å². The molecule has 1 aromatic carbocycles. The van der Waals surface area contributed by atoms with E-state index in [4.69, 9.17) is 4.42 Å². The smallest absolute Gasteiger partial charge is 0.123 e. The Balaban J connectivity index is 1.91. The second kappa shape index (κ2) is 5.83. The molecule has 0 saturated heterocycles. The van der Waals surface area contributed by atoms with Crippen molar-refractivity contribution in [2.24, 2.45) is 0 Å². The molecule has 1 aromatic heterocycles. The van der Waals surface area contributed by atoms with Crippen LogP contribution >= 0.6 is 0 Å². The molecule has 3 heteroatoms. The van der Waals surface area contributed by atoms with Crippen LogP contribution in [-0.2, 0) is 13.0 Å². The number of hydrogen-bond acceptors (Lipinski definition) is 2. The average Bonchev–Trinajstić information content (AvgIpc) is 2.85. The van der Waals surface area contributed by atoms with Crippen LogP contribution in [0.15, 0.2) is 40.8 Å². The van der Waals surface area contributed by atoms with Gasteiger partial charge in [-0.1, -0.05) is 19.1 Å². The highest BCUT2D eigenvalue weighted by molar-refractivity contribution is 5.19. The summed E-state index contributed by atoms with van der Waals surface area (Å²) in [6.07, 6.45) is 0.910. The molecule has 0 unspecified atom stereocenters. The molecule has 0 fully saturated rings. The van der Waals surface area contributed by atoms with Gasteiger partial charge in [0.15, 0.2) is 0 Å². The van der Waals surface area contributed by atoms with E-state index >= 15 is 0 Å². The summed E-state index contributed by atoms with van der Waals surface area (Å²) in [5.74, 6) is 1.73. The van der Waals surface area contributed by atoms with E-state index in [2.05, 4.69) is 19.2 Å². The summed E-state index contributed by atoms with van der Waals surface area (Å²) >= 11 is 0. The summed E-state index contributed by atoms with van der Waals surface area (Å²) in [5.41, 5.74) is 1.07. The predicted octanol–water partition coefficient (Wildman–Crippen LogP) is 3.83. The lowest BCUT2D eigenvalue weighted by Gasteiger charge is -2.13. The van der Waals surface area contributed by atoms with E-state index in [1.165, 1.54) is 12.1 Å². The summed E-state index contributed by atoms with van der Waals surface area (Å²) in [4.78, 5) is 0. The minimum Gasteiger partial charge on any atom is -0.465 e. The maximum Gasteiger partial charge on any atom is 0.123 e. The first-order valence-corrected chi connectivity index (χ1v) is 6.25. The fourth-order valence-electron chi connectivity index (χ4n) is 1.83. The van der Waals surface area contributed by atoms with Gasteiger partial charge >= 0.3 is 0 Å². The SMILES string of the molecule is CCc1ccc(CN[C@H](C)c2ccc(F)cc2)o1. The molecule has 0 aliphatic carbocycles. The lowest BCUT2D eigenvalue weighted by Crippen LogP contribution is -2.17. The Morgan fingerprint density at radius 2 is 1.78 bits per heavy atom. The van der Waals surface area contributed by atoms with Crippen LogP contribution in [0.1, 0.15) is 37.0 Å². The Hall–Kier alpha value is -1.61. The number of benzene rings is 1. The number of hydrogen-bond donors (Lipinski definition) is 1. The van der Waals surface area contributed by atoms with Crippen LogP contribution in [0.5, 0.6) is 0 Å². The lowest BCUT2D eigenvalue weighted by molar-refractivity contribution is 0.435. The number of furan rings is 1. The quantitative estimate of drug-likeness (QED) is 0.868. The molecule has 18 heavy (non-hydrogen) atoms. The molecule has 0 amide bonds. The monoisotopic (exact) mass is 247 g/mol. The Morgan fingerprint density at radius 1 is 1.11 bits per heavy atom. The topological polar surface area (TPSA) is 25.2 Å². The van der Waals surface area contributed by atoms with Gasteiger partial charge in [-0.25, -0.2) is 4.39 Å². The third kappa shape index (κ3) is 3.20. The number of aryl methyl sites for hydroxylation is 1. The van der Waals surface area contributed by atoms with Crippen LogP contribution in [-0.4, -0.2) is 0 Å². The van der Waals surface area contributed by atoms with Crippen molar-refractivity contribution in [3.63, 3.8) is 0 Å². The van der Waals surface area contributed by atoms with Gasteiger partial charge in [0.25, 0.3) is 0 Å². The summed E-state index contributed by atoms with van der Waals surface area (Å²) < 4.78 is 18.4. The maximum absolute atomic E-state index is 12.8. The molecule has 0 aliphatic heterocycles. The van der Waals surface area contributed by atoms with Crippen LogP contribution in [0.3, 0.4) is 0 Å². The van der Waals surface area contributed by atoms with Crippen molar-refractivity contribution in [3.8, 4) is 0 Å². The molecule has 0 saturated carbocycles. The highest BCUT2D eigenvalue weighted by Crippen LogP contribution is 2.14. The third-order valence-electron chi connectivity index (χ3n) is 3.02. The molecule has 96 valence electrons. The van der Waals surface area contributed by atoms with Gasteiger partial charge in [-0.2, -0.15) is 0 Å². The average molecular weight is 247 g/mol. The molecule has 1 atom stereocenters. The number of halogens is 1. The van der Waals surface area contributed by atoms with Gasteiger partial charge in [0.05, 0.1) is 6.54 Å². The van der Waals surface area contributed by atoms with Crippen molar-refractivity contribution in [3.05, 3.63) is 59.3 Å². The summed E-state index contributed by atoms with van der Waals surface area (Å²) in [6, 6.07) is 10.7. The van der Waals surface area contributed by atoms with Crippen molar-refractivity contribution in [2.45, 2.75) is 32.9 Å². The second-order valence-corrected chi connectivity index (χ2v) is 4.38. The van der Waals surface area contributed by atoms with E-state index < -0.39 is 0 Å². The Kier molecular flexibility index (Phi) is 4.15. The fraction of sp³-hybridized carbons (Fsp3) is 0.333. The number of rotatable bonds is 5. The molecule has 1 N–H and O–H groups in total. The molecule has 2 rings (SSSR count). The van der Waals surface area contributed by atoms with Gasteiger partial charge in [0, 0.05) is 12.5 Å². The normalized spacial score (nSPS) is 12.6. The van der Waals surface area contributed by atoms with E-state index in [1.54, 1.807) is 12.1 Å². The molecule has 1 heterocycles. The Morgan fingerprint density at radius 3 is 2.39 bits per heavy atom. The first kappa shape index (κ1) is 12.8. The standard InChI is InChI=1S/C15H18FNO/c1-3-14-8-9-15(18-14)10-17-11(2)12-4-6-13(16)7-5-12/h4-9,11,17H,3,10H2,1-2H3/t11-/m1/s1. The van der Waals surface area contributed by atoms with E-state index in [-0.39, 0.29) is 11.9 Å². The predicted molar refractivity (Wildman–Crippen MR) is 69.7 cm³/mol. The van der Waals surface area contributed by atoms with Crippen LogP contribution in [0.2, 0.25) is 0 Å².